The van der Waals surface area contributed by atoms with Gasteiger partial charge >= 0.3 is 0 Å². The van der Waals surface area contributed by atoms with E-state index in [2.05, 4.69) is 15.8 Å². The van der Waals surface area contributed by atoms with E-state index in [0.29, 0.717) is 15.7 Å². The minimum absolute atomic E-state index is 0.0469. The van der Waals surface area contributed by atoms with E-state index in [4.69, 9.17) is 40.2 Å². The highest BCUT2D eigenvalue weighted by molar-refractivity contribution is 7.80. The Bertz CT molecular complexity index is 892. The van der Waals surface area contributed by atoms with Gasteiger partial charge < -0.3 is 15.2 Å². The molecule has 8 nitrogen and oxygen atoms in total. The fourth-order valence-corrected chi connectivity index (χ4v) is 2.49. The van der Waals surface area contributed by atoms with Crippen molar-refractivity contribution in [2.75, 3.05) is 12.4 Å². The molecule has 0 aliphatic carbocycles. The van der Waals surface area contributed by atoms with Crippen molar-refractivity contribution in [2.24, 2.45) is 5.10 Å². The number of methoxy groups -OCH3 is 1. The van der Waals surface area contributed by atoms with Crippen molar-refractivity contribution in [3.05, 3.63) is 56.1 Å². The van der Waals surface area contributed by atoms with Crippen LogP contribution in [-0.4, -0.2) is 28.5 Å². The predicted molar refractivity (Wildman–Crippen MR) is 105 cm³/mol. The minimum Gasteiger partial charge on any atom is -0.504 e. The van der Waals surface area contributed by atoms with Crippen LogP contribution in [0.1, 0.15) is 5.56 Å². The van der Waals surface area contributed by atoms with Gasteiger partial charge in [0.25, 0.3) is 5.69 Å². The van der Waals surface area contributed by atoms with Gasteiger partial charge in [0, 0.05) is 16.7 Å². The molecule has 0 aliphatic rings. The SMILES string of the molecule is COc1cc([N+](=O)[O-])cc(C=NNC(=S)Nc2ccc(Cl)cc2Cl)c1O. The molecule has 0 aromatic heterocycles. The van der Waals surface area contributed by atoms with E-state index in [9.17, 15) is 15.2 Å². The van der Waals surface area contributed by atoms with Crippen LogP contribution in [0, 0.1) is 10.1 Å². The highest BCUT2D eigenvalue weighted by Crippen LogP contribution is 2.33. The van der Waals surface area contributed by atoms with Crippen molar-refractivity contribution in [3.63, 3.8) is 0 Å². The number of nitro benzene ring substituents is 1. The van der Waals surface area contributed by atoms with Crippen LogP contribution < -0.4 is 15.5 Å². The average Bonchev–Trinajstić information content (AvgIpc) is 2.58. The molecule has 11 heteroatoms. The topological polar surface area (TPSA) is 109 Å². The Balaban J connectivity index is 2.11. The number of hydrazone groups is 1. The summed E-state index contributed by atoms with van der Waals surface area (Å²) in [5.41, 5.74) is 2.85. The molecule has 0 aliphatic heterocycles. The number of halogens is 2. The van der Waals surface area contributed by atoms with Gasteiger partial charge in [-0.2, -0.15) is 5.10 Å². The number of rotatable bonds is 5. The molecule has 0 bridgehead atoms. The van der Waals surface area contributed by atoms with Crippen LogP contribution in [0.2, 0.25) is 10.0 Å². The number of hydrogen-bond acceptors (Lipinski definition) is 6. The number of benzene rings is 2. The van der Waals surface area contributed by atoms with Gasteiger partial charge in [0.1, 0.15) is 0 Å². The Labute approximate surface area is 163 Å². The van der Waals surface area contributed by atoms with Gasteiger partial charge in [-0.25, -0.2) is 0 Å². The van der Waals surface area contributed by atoms with Crippen molar-refractivity contribution >= 4 is 58.1 Å². The molecule has 0 heterocycles. The van der Waals surface area contributed by atoms with Crippen LogP contribution in [-0.2, 0) is 0 Å². The first-order valence-corrected chi connectivity index (χ1v) is 8.08. The number of non-ortho nitro benzene ring substituents is 1. The second-order valence-electron chi connectivity index (χ2n) is 4.79. The first-order valence-electron chi connectivity index (χ1n) is 6.92. The summed E-state index contributed by atoms with van der Waals surface area (Å²) >= 11 is 16.9. The molecule has 3 N–H and O–H groups in total. The number of nitrogens with one attached hydrogen (secondary N) is 2. The van der Waals surface area contributed by atoms with E-state index >= 15 is 0 Å². The highest BCUT2D eigenvalue weighted by Gasteiger charge is 2.15. The lowest BCUT2D eigenvalue weighted by Crippen LogP contribution is -2.24. The molecule has 0 atom stereocenters. The lowest BCUT2D eigenvalue weighted by molar-refractivity contribution is -0.385. The zero-order valence-corrected chi connectivity index (χ0v) is 15.5. The van der Waals surface area contributed by atoms with Crippen LogP contribution in [0.25, 0.3) is 0 Å². The van der Waals surface area contributed by atoms with Crippen molar-refractivity contribution in [2.45, 2.75) is 0 Å². The molecule has 0 radical (unpaired) electrons. The number of phenolic OH excluding ortho intramolecular Hbond substituents is 1. The molecule has 0 unspecified atom stereocenters. The van der Waals surface area contributed by atoms with Crippen LogP contribution >= 0.6 is 35.4 Å². The first kappa shape index (κ1) is 19.7. The number of nitrogens with zero attached hydrogens (tertiary/aromatic N) is 2. The number of thiocarbonyl (C=S) groups is 1. The summed E-state index contributed by atoms with van der Waals surface area (Å²) in [5.74, 6) is -0.336. The standard InChI is InChI=1S/C15H12Cl2N4O4S/c1-25-13-6-10(21(23)24)4-8(14(13)22)7-18-20-15(26)19-12-3-2-9(16)5-11(12)17/h2-7,22H,1H3,(H2,19,20,26). The summed E-state index contributed by atoms with van der Waals surface area (Å²) in [6.45, 7) is 0. The molecule has 2 aromatic carbocycles. The quantitative estimate of drug-likeness (QED) is 0.294. The zero-order valence-electron chi connectivity index (χ0n) is 13.2. The normalized spacial score (nSPS) is 10.6. The summed E-state index contributed by atoms with van der Waals surface area (Å²) in [6.07, 6.45) is 1.17. The molecule has 0 spiro atoms. The third-order valence-electron chi connectivity index (χ3n) is 3.07. The van der Waals surface area contributed by atoms with Gasteiger partial charge in [0.15, 0.2) is 16.6 Å². The summed E-state index contributed by atoms with van der Waals surface area (Å²) in [4.78, 5) is 10.3. The molecule has 0 fully saturated rings. The maximum absolute atomic E-state index is 10.9. The lowest BCUT2D eigenvalue weighted by Gasteiger charge is -2.09. The monoisotopic (exact) mass is 414 g/mol. The Hall–Kier alpha value is -2.62. The molecule has 0 saturated heterocycles. The van der Waals surface area contributed by atoms with Crippen LogP contribution in [0.15, 0.2) is 35.4 Å². The van der Waals surface area contributed by atoms with E-state index in [-0.39, 0.29) is 27.9 Å². The average molecular weight is 415 g/mol. The second-order valence-corrected chi connectivity index (χ2v) is 6.04. The van der Waals surface area contributed by atoms with Crippen molar-refractivity contribution in [1.82, 2.24) is 5.43 Å². The largest absolute Gasteiger partial charge is 0.504 e. The van der Waals surface area contributed by atoms with E-state index in [1.54, 1.807) is 18.2 Å². The summed E-state index contributed by atoms with van der Waals surface area (Å²) in [7, 11) is 1.28. The van der Waals surface area contributed by atoms with Crippen molar-refractivity contribution in [1.29, 1.82) is 0 Å². The maximum atomic E-state index is 10.9. The molecular formula is C15H12Cl2N4O4S. The molecular weight excluding hydrogens is 403 g/mol. The van der Waals surface area contributed by atoms with Crippen molar-refractivity contribution in [3.8, 4) is 11.5 Å². The van der Waals surface area contributed by atoms with E-state index in [1.807, 2.05) is 0 Å². The van der Waals surface area contributed by atoms with Gasteiger partial charge in [-0.3, -0.25) is 15.5 Å². The third kappa shape index (κ3) is 4.94. The molecule has 26 heavy (non-hydrogen) atoms. The van der Waals surface area contributed by atoms with Crippen molar-refractivity contribution < 1.29 is 14.8 Å². The minimum atomic E-state index is -0.610. The van der Waals surface area contributed by atoms with Crippen LogP contribution in [0.3, 0.4) is 0 Å². The zero-order chi connectivity index (χ0) is 19.3. The van der Waals surface area contributed by atoms with E-state index < -0.39 is 4.92 Å². The van der Waals surface area contributed by atoms with Gasteiger partial charge in [-0.05, 0) is 30.4 Å². The third-order valence-corrected chi connectivity index (χ3v) is 3.81. The summed E-state index contributed by atoms with van der Waals surface area (Å²) < 4.78 is 4.91. The van der Waals surface area contributed by atoms with Crippen LogP contribution in [0.4, 0.5) is 11.4 Å². The van der Waals surface area contributed by atoms with E-state index in [0.717, 1.165) is 12.1 Å². The Kier molecular flexibility index (Phi) is 6.56. The number of hydrogen-bond donors (Lipinski definition) is 3. The smallest absolute Gasteiger partial charge is 0.274 e. The molecule has 0 amide bonds. The summed E-state index contributed by atoms with van der Waals surface area (Å²) in [5, 5.41) is 28.5. The number of aromatic hydroxyl groups is 1. The fraction of sp³-hybridized carbons (Fsp3) is 0.0667. The number of anilines is 1. The van der Waals surface area contributed by atoms with Gasteiger partial charge in [0.05, 0.1) is 35.0 Å². The fourth-order valence-electron chi connectivity index (χ4n) is 1.88. The Morgan fingerprint density at radius 1 is 1.38 bits per heavy atom. The predicted octanol–water partition coefficient (Wildman–Crippen LogP) is 3.94. The number of phenols is 1. The molecule has 2 rings (SSSR count). The van der Waals surface area contributed by atoms with Gasteiger partial charge in [-0.15, -0.1) is 0 Å². The maximum Gasteiger partial charge on any atom is 0.274 e. The van der Waals surface area contributed by atoms with Crippen LogP contribution in [0.5, 0.6) is 11.5 Å². The molecule has 136 valence electrons. The van der Waals surface area contributed by atoms with Gasteiger partial charge in [-0.1, -0.05) is 23.2 Å². The first-order chi connectivity index (χ1) is 12.3. The number of nitro groups is 1. The Morgan fingerprint density at radius 2 is 2.12 bits per heavy atom. The molecule has 0 saturated carbocycles. The number of ether oxygens (including phenoxy) is 1. The lowest BCUT2D eigenvalue weighted by atomic mass is 10.2. The second kappa shape index (κ2) is 8.65. The highest BCUT2D eigenvalue weighted by atomic mass is 35.5. The molecule has 2 aromatic rings. The summed E-state index contributed by atoms with van der Waals surface area (Å²) in [6, 6.07) is 7.07. The van der Waals surface area contributed by atoms with Gasteiger partial charge in [0.2, 0.25) is 0 Å². The Morgan fingerprint density at radius 3 is 2.73 bits per heavy atom. The van der Waals surface area contributed by atoms with E-state index in [1.165, 1.54) is 13.3 Å².